The van der Waals surface area contributed by atoms with E-state index < -0.39 is 6.09 Å². The molecule has 4 nitrogen and oxygen atoms in total. The van der Waals surface area contributed by atoms with Crippen LogP contribution in [0.5, 0.6) is 0 Å². The molecule has 0 fully saturated rings. The molecule has 1 amide bonds. The first kappa shape index (κ1) is 13.2. The van der Waals surface area contributed by atoms with E-state index >= 15 is 0 Å². The molecule has 0 aromatic heterocycles. The van der Waals surface area contributed by atoms with E-state index in [9.17, 15) is 4.79 Å². The summed E-state index contributed by atoms with van der Waals surface area (Å²) in [7, 11) is 0. The molecule has 84 valence electrons. The molecule has 0 radical (unpaired) electrons. The van der Waals surface area contributed by atoms with Crippen molar-refractivity contribution in [2.24, 2.45) is 11.1 Å². The maximum atomic E-state index is 10.1. The van der Waals surface area contributed by atoms with Crippen LogP contribution in [0.15, 0.2) is 0 Å². The highest BCUT2D eigenvalue weighted by Gasteiger charge is 2.19. The predicted molar refractivity (Wildman–Crippen MR) is 57.3 cm³/mol. The Bertz CT molecular complexity index is 175. The Morgan fingerprint density at radius 1 is 1.43 bits per heavy atom. The van der Waals surface area contributed by atoms with Crippen molar-refractivity contribution in [2.75, 3.05) is 6.54 Å². The van der Waals surface area contributed by atoms with E-state index in [0.717, 1.165) is 19.3 Å². The molecule has 0 aromatic rings. The summed E-state index contributed by atoms with van der Waals surface area (Å²) in [6, 6.07) is 0.187. The first-order chi connectivity index (χ1) is 6.34. The van der Waals surface area contributed by atoms with Crippen LogP contribution in [0.1, 0.15) is 40.0 Å². The van der Waals surface area contributed by atoms with Crippen LogP contribution in [-0.2, 0) is 0 Å². The van der Waals surface area contributed by atoms with Crippen molar-refractivity contribution in [1.82, 2.24) is 5.32 Å². The molecule has 14 heavy (non-hydrogen) atoms. The highest BCUT2D eigenvalue weighted by Crippen LogP contribution is 2.20. The predicted octanol–water partition coefficient (Wildman–Crippen LogP) is 1.80. The molecule has 0 bridgehead atoms. The van der Waals surface area contributed by atoms with Crippen molar-refractivity contribution in [3.63, 3.8) is 0 Å². The van der Waals surface area contributed by atoms with Gasteiger partial charge < -0.3 is 16.2 Å². The lowest BCUT2D eigenvalue weighted by Crippen LogP contribution is -2.35. The minimum absolute atomic E-state index is 0.139. The lowest BCUT2D eigenvalue weighted by Gasteiger charge is -2.26. The minimum atomic E-state index is -0.954. The SMILES string of the molecule is CC(C)(C)C(N)CCCCNC(=O)O. The summed E-state index contributed by atoms with van der Waals surface area (Å²) in [5.74, 6) is 0. The quantitative estimate of drug-likeness (QED) is 0.595. The number of carboxylic acid groups (broad SMARTS) is 1. The number of unbranched alkanes of at least 4 members (excludes halogenated alkanes) is 1. The topological polar surface area (TPSA) is 75.3 Å². The van der Waals surface area contributed by atoms with E-state index in [-0.39, 0.29) is 11.5 Å². The molecule has 1 unspecified atom stereocenters. The van der Waals surface area contributed by atoms with E-state index in [1.165, 1.54) is 0 Å². The molecule has 0 aromatic carbocycles. The maximum absolute atomic E-state index is 10.1. The van der Waals surface area contributed by atoms with E-state index in [4.69, 9.17) is 10.8 Å². The number of carbonyl (C=O) groups is 1. The van der Waals surface area contributed by atoms with Crippen LogP contribution in [0, 0.1) is 5.41 Å². The Morgan fingerprint density at radius 2 is 2.00 bits per heavy atom. The zero-order chi connectivity index (χ0) is 11.2. The van der Waals surface area contributed by atoms with Crippen molar-refractivity contribution >= 4 is 6.09 Å². The van der Waals surface area contributed by atoms with Crippen molar-refractivity contribution in [3.8, 4) is 0 Å². The molecule has 0 aliphatic rings. The fourth-order valence-corrected chi connectivity index (χ4v) is 1.12. The molecule has 0 saturated carbocycles. The van der Waals surface area contributed by atoms with Gasteiger partial charge in [0.05, 0.1) is 0 Å². The summed E-state index contributed by atoms with van der Waals surface area (Å²) in [5.41, 5.74) is 6.10. The van der Waals surface area contributed by atoms with Crippen molar-refractivity contribution < 1.29 is 9.90 Å². The van der Waals surface area contributed by atoms with Gasteiger partial charge in [0.1, 0.15) is 0 Å². The molecule has 0 aliphatic heterocycles. The van der Waals surface area contributed by atoms with Gasteiger partial charge in [-0.1, -0.05) is 27.2 Å². The third-order valence-electron chi connectivity index (χ3n) is 2.33. The number of rotatable bonds is 5. The van der Waals surface area contributed by atoms with Crippen LogP contribution in [0.2, 0.25) is 0 Å². The summed E-state index contributed by atoms with van der Waals surface area (Å²) in [6.07, 6.45) is 1.82. The molecule has 0 heterocycles. The molecule has 4 heteroatoms. The summed E-state index contributed by atoms with van der Waals surface area (Å²) in [5, 5.41) is 10.6. The summed E-state index contributed by atoms with van der Waals surface area (Å²) in [6.45, 7) is 6.87. The molecular weight excluding hydrogens is 180 g/mol. The van der Waals surface area contributed by atoms with Crippen LogP contribution in [-0.4, -0.2) is 23.8 Å². The molecule has 0 spiro atoms. The smallest absolute Gasteiger partial charge is 0.404 e. The monoisotopic (exact) mass is 202 g/mol. The Morgan fingerprint density at radius 3 is 2.43 bits per heavy atom. The Hall–Kier alpha value is -0.770. The van der Waals surface area contributed by atoms with E-state index in [2.05, 4.69) is 26.1 Å². The molecule has 4 N–H and O–H groups in total. The van der Waals surface area contributed by atoms with Crippen molar-refractivity contribution in [3.05, 3.63) is 0 Å². The van der Waals surface area contributed by atoms with Crippen molar-refractivity contribution in [1.29, 1.82) is 0 Å². The van der Waals surface area contributed by atoms with Gasteiger partial charge in [0.15, 0.2) is 0 Å². The molecular formula is C10H22N2O2. The first-order valence-corrected chi connectivity index (χ1v) is 5.06. The highest BCUT2D eigenvalue weighted by atomic mass is 16.4. The standard InChI is InChI=1S/C10H22N2O2/c1-10(2,3)8(11)6-4-5-7-12-9(13)14/h8,12H,4-7,11H2,1-3H3,(H,13,14). The second-order valence-corrected chi connectivity index (χ2v) is 4.70. The van der Waals surface area contributed by atoms with Gasteiger partial charge in [0, 0.05) is 12.6 Å². The number of amides is 1. The number of nitrogens with one attached hydrogen (secondary N) is 1. The van der Waals surface area contributed by atoms with Gasteiger partial charge >= 0.3 is 6.09 Å². The Labute approximate surface area is 85.9 Å². The zero-order valence-electron chi connectivity index (χ0n) is 9.34. The first-order valence-electron chi connectivity index (χ1n) is 5.06. The molecule has 0 rings (SSSR count). The Kier molecular flexibility index (Phi) is 5.53. The van der Waals surface area contributed by atoms with Crippen LogP contribution in [0.3, 0.4) is 0 Å². The largest absolute Gasteiger partial charge is 0.465 e. The van der Waals surface area contributed by atoms with Gasteiger partial charge in [-0.2, -0.15) is 0 Å². The Balaban J connectivity index is 3.41. The van der Waals surface area contributed by atoms with Crippen molar-refractivity contribution in [2.45, 2.75) is 46.1 Å². The van der Waals surface area contributed by atoms with Gasteiger partial charge in [-0.05, 0) is 18.3 Å². The third kappa shape index (κ3) is 6.71. The van der Waals surface area contributed by atoms with E-state index in [1.807, 2.05) is 0 Å². The average molecular weight is 202 g/mol. The van der Waals surface area contributed by atoms with Gasteiger partial charge in [-0.25, -0.2) is 4.79 Å². The average Bonchev–Trinajstić information content (AvgIpc) is 2.01. The lowest BCUT2D eigenvalue weighted by molar-refractivity contribution is 0.194. The third-order valence-corrected chi connectivity index (χ3v) is 2.33. The lowest BCUT2D eigenvalue weighted by atomic mass is 9.84. The summed E-state index contributed by atoms with van der Waals surface area (Å²) >= 11 is 0. The zero-order valence-corrected chi connectivity index (χ0v) is 9.34. The van der Waals surface area contributed by atoms with E-state index in [1.54, 1.807) is 0 Å². The fraction of sp³-hybridized carbons (Fsp3) is 0.900. The highest BCUT2D eigenvalue weighted by molar-refractivity contribution is 5.64. The van der Waals surface area contributed by atoms with Gasteiger partial charge in [-0.15, -0.1) is 0 Å². The van der Waals surface area contributed by atoms with Gasteiger partial charge in [0.2, 0.25) is 0 Å². The van der Waals surface area contributed by atoms with Gasteiger partial charge in [-0.3, -0.25) is 0 Å². The molecule has 0 saturated heterocycles. The second-order valence-electron chi connectivity index (χ2n) is 4.70. The normalized spacial score (nSPS) is 13.7. The minimum Gasteiger partial charge on any atom is -0.465 e. The van der Waals surface area contributed by atoms with Crippen LogP contribution < -0.4 is 11.1 Å². The molecule has 0 aliphatic carbocycles. The van der Waals surface area contributed by atoms with Crippen LogP contribution in [0.4, 0.5) is 4.79 Å². The maximum Gasteiger partial charge on any atom is 0.404 e. The number of nitrogens with two attached hydrogens (primary N) is 1. The van der Waals surface area contributed by atoms with Crippen LogP contribution >= 0.6 is 0 Å². The fourth-order valence-electron chi connectivity index (χ4n) is 1.12. The van der Waals surface area contributed by atoms with E-state index in [0.29, 0.717) is 6.54 Å². The number of hydrogen-bond acceptors (Lipinski definition) is 2. The van der Waals surface area contributed by atoms with Crippen LogP contribution in [0.25, 0.3) is 0 Å². The second kappa shape index (κ2) is 5.86. The number of hydrogen-bond donors (Lipinski definition) is 3. The van der Waals surface area contributed by atoms with Gasteiger partial charge in [0.25, 0.3) is 0 Å². The summed E-state index contributed by atoms with van der Waals surface area (Å²) < 4.78 is 0. The molecule has 1 atom stereocenters. The summed E-state index contributed by atoms with van der Waals surface area (Å²) in [4.78, 5) is 10.1.